The molecule has 1 saturated heterocycles. The number of nitrogens with two attached hydrogens (primary N) is 1. The van der Waals surface area contributed by atoms with Crippen molar-refractivity contribution in [1.82, 2.24) is 19.9 Å². The van der Waals surface area contributed by atoms with Crippen LogP contribution in [0, 0.1) is 0 Å². The lowest BCUT2D eigenvalue weighted by Gasteiger charge is -2.33. The molecule has 2 aromatic carbocycles. The molecule has 2 N–H and O–H groups in total. The zero-order valence-electron chi connectivity index (χ0n) is 15.8. The first-order valence-corrected chi connectivity index (χ1v) is 9.41. The molecule has 3 aromatic rings. The highest BCUT2D eigenvalue weighted by Crippen LogP contribution is 2.18. The molecule has 4 rings (SSSR count). The van der Waals surface area contributed by atoms with Gasteiger partial charge in [0.2, 0.25) is 11.7 Å². The van der Waals surface area contributed by atoms with Crippen LogP contribution in [0.4, 0.5) is 0 Å². The molecule has 0 aliphatic carbocycles. The van der Waals surface area contributed by atoms with E-state index in [2.05, 4.69) is 50.3 Å². The topological polar surface area (TPSA) is 71.4 Å². The van der Waals surface area contributed by atoms with E-state index in [1.54, 1.807) is 0 Å². The molecule has 1 aliphatic heterocycles. The fourth-order valence-corrected chi connectivity index (χ4v) is 3.36. The zero-order chi connectivity index (χ0) is 18.5. The third-order valence-corrected chi connectivity index (χ3v) is 4.99. The van der Waals surface area contributed by atoms with Crippen LogP contribution >= 0.6 is 12.4 Å². The van der Waals surface area contributed by atoms with Gasteiger partial charge >= 0.3 is 0 Å². The second kappa shape index (κ2) is 9.80. The molecule has 1 fully saturated rings. The first-order valence-electron chi connectivity index (χ1n) is 9.41. The third kappa shape index (κ3) is 5.17. The smallest absolute Gasteiger partial charge is 0.241 e. The molecular weight excluding hydrogens is 374 g/mol. The Morgan fingerprint density at radius 1 is 0.821 bits per heavy atom. The van der Waals surface area contributed by atoms with Crippen molar-refractivity contribution in [2.75, 3.05) is 26.2 Å². The Hall–Kier alpha value is -2.25. The molecule has 7 heteroatoms. The molecule has 0 saturated carbocycles. The van der Waals surface area contributed by atoms with Gasteiger partial charge in [0.15, 0.2) is 0 Å². The van der Waals surface area contributed by atoms with Crippen LogP contribution in [0.15, 0.2) is 59.1 Å². The molecule has 6 nitrogen and oxygen atoms in total. The number of piperazine rings is 1. The predicted octanol–water partition coefficient (Wildman–Crippen LogP) is 2.93. The van der Waals surface area contributed by atoms with E-state index in [0.717, 1.165) is 43.9 Å². The first kappa shape index (κ1) is 20.5. The van der Waals surface area contributed by atoms with Gasteiger partial charge in [0, 0.05) is 44.8 Å². The number of benzene rings is 2. The highest BCUT2D eigenvalue weighted by molar-refractivity contribution is 5.85. The second-order valence-corrected chi connectivity index (χ2v) is 6.95. The maximum absolute atomic E-state index is 5.64. The van der Waals surface area contributed by atoms with Gasteiger partial charge in [0.05, 0.1) is 6.54 Å². The normalized spacial score (nSPS) is 15.3. The average molecular weight is 400 g/mol. The molecule has 1 aliphatic rings. The summed E-state index contributed by atoms with van der Waals surface area (Å²) in [5.41, 5.74) is 9.06. The summed E-state index contributed by atoms with van der Waals surface area (Å²) >= 11 is 0. The van der Waals surface area contributed by atoms with Crippen molar-refractivity contribution in [3.05, 3.63) is 71.6 Å². The van der Waals surface area contributed by atoms with Gasteiger partial charge < -0.3 is 10.3 Å². The Kier molecular flexibility index (Phi) is 7.17. The van der Waals surface area contributed by atoms with Gasteiger partial charge in [0.1, 0.15) is 0 Å². The Labute approximate surface area is 171 Å². The van der Waals surface area contributed by atoms with Gasteiger partial charge in [-0.15, -0.1) is 12.4 Å². The summed E-state index contributed by atoms with van der Waals surface area (Å²) in [6, 6.07) is 18.6. The first-order chi connectivity index (χ1) is 13.3. The molecule has 2 heterocycles. The Bertz CT molecular complexity index is 845. The third-order valence-electron chi connectivity index (χ3n) is 4.99. The molecule has 0 radical (unpaired) electrons. The lowest BCUT2D eigenvalue weighted by Crippen LogP contribution is -2.45. The van der Waals surface area contributed by atoms with Crippen molar-refractivity contribution in [2.45, 2.75) is 19.6 Å². The van der Waals surface area contributed by atoms with Crippen molar-refractivity contribution in [3.8, 4) is 11.4 Å². The minimum atomic E-state index is 0. The molecule has 0 atom stereocenters. The molecular formula is C21H26ClN5O. The minimum absolute atomic E-state index is 0. The van der Waals surface area contributed by atoms with E-state index in [-0.39, 0.29) is 12.4 Å². The van der Waals surface area contributed by atoms with Gasteiger partial charge in [0.25, 0.3) is 0 Å². The average Bonchev–Trinajstić information content (AvgIpc) is 3.19. The Balaban J connectivity index is 0.00000225. The molecule has 28 heavy (non-hydrogen) atoms. The van der Waals surface area contributed by atoms with Gasteiger partial charge in [-0.1, -0.05) is 59.8 Å². The maximum Gasteiger partial charge on any atom is 0.241 e. The molecule has 0 bridgehead atoms. The number of rotatable bonds is 6. The fraction of sp³-hybridized carbons (Fsp3) is 0.333. The van der Waals surface area contributed by atoms with Gasteiger partial charge in [-0.25, -0.2) is 0 Å². The van der Waals surface area contributed by atoms with Crippen LogP contribution in [0.3, 0.4) is 0 Å². The zero-order valence-corrected chi connectivity index (χ0v) is 16.6. The number of hydrogen-bond acceptors (Lipinski definition) is 6. The molecule has 0 unspecified atom stereocenters. The standard InChI is InChI=1S/C21H25N5O.ClH/c22-14-17-6-8-19(9-7-17)21-23-20(27-24-21)16-26-12-10-25(11-13-26)15-18-4-2-1-3-5-18;/h1-9H,10-16,22H2;1H. The van der Waals surface area contributed by atoms with Crippen LogP contribution in [-0.2, 0) is 19.6 Å². The van der Waals surface area contributed by atoms with E-state index < -0.39 is 0 Å². The van der Waals surface area contributed by atoms with E-state index in [0.29, 0.717) is 24.8 Å². The number of halogens is 1. The van der Waals surface area contributed by atoms with Crippen molar-refractivity contribution in [3.63, 3.8) is 0 Å². The van der Waals surface area contributed by atoms with Crippen LogP contribution in [0.2, 0.25) is 0 Å². The number of hydrogen-bond donors (Lipinski definition) is 1. The van der Waals surface area contributed by atoms with Gasteiger partial charge in [-0.3, -0.25) is 9.80 Å². The Morgan fingerprint density at radius 2 is 1.46 bits per heavy atom. The molecule has 148 valence electrons. The summed E-state index contributed by atoms with van der Waals surface area (Å²) < 4.78 is 5.46. The van der Waals surface area contributed by atoms with E-state index in [1.165, 1.54) is 5.56 Å². The van der Waals surface area contributed by atoms with Gasteiger partial charge in [-0.2, -0.15) is 4.98 Å². The second-order valence-electron chi connectivity index (χ2n) is 6.95. The quantitative estimate of drug-likeness (QED) is 0.687. The number of nitrogens with zero attached hydrogens (tertiary/aromatic N) is 4. The van der Waals surface area contributed by atoms with Crippen molar-refractivity contribution in [2.24, 2.45) is 5.73 Å². The largest absolute Gasteiger partial charge is 0.338 e. The summed E-state index contributed by atoms with van der Waals surface area (Å²) in [6.07, 6.45) is 0. The maximum atomic E-state index is 5.64. The SMILES string of the molecule is Cl.NCc1ccc(-c2noc(CN3CCN(Cc4ccccc4)CC3)n2)cc1. The van der Waals surface area contributed by atoms with Gasteiger partial charge in [-0.05, 0) is 11.1 Å². The van der Waals surface area contributed by atoms with E-state index >= 15 is 0 Å². The highest BCUT2D eigenvalue weighted by Gasteiger charge is 2.19. The van der Waals surface area contributed by atoms with Crippen molar-refractivity contribution in [1.29, 1.82) is 0 Å². The lowest BCUT2D eigenvalue weighted by atomic mass is 10.1. The van der Waals surface area contributed by atoms with Crippen LogP contribution in [0.25, 0.3) is 11.4 Å². The molecule has 0 spiro atoms. The summed E-state index contributed by atoms with van der Waals surface area (Å²) in [5.74, 6) is 1.31. The summed E-state index contributed by atoms with van der Waals surface area (Å²) in [4.78, 5) is 9.41. The monoisotopic (exact) mass is 399 g/mol. The summed E-state index contributed by atoms with van der Waals surface area (Å²) in [7, 11) is 0. The van der Waals surface area contributed by atoms with E-state index in [4.69, 9.17) is 10.3 Å². The lowest BCUT2D eigenvalue weighted by molar-refractivity contribution is 0.112. The highest BCUT2D eigenvalue weighted by atomic mass is 35.5. The van der Waals surface area contributed by atoms with Crippen LogP contribution in [0.5, 0.6) is 0 Å². The molecule has 1 aromatic heterocycles. The van der Waals surface area contributed by atoms with E-state index in [1.807, 2.05) is 24.3 Å². The van der Waals surface area contributed by atoms with Crippen molar-refractivity contribution < 1.29 is 4.52 Å². The van der Waals surface area contributed by atoms with Crippen LogP contribution in [-0.4, -0.2) is 46.1 Å². The van der Waals surface area contributed by atoms with Crippen LogP contribution in [0.1, 0.15) is 17.0 Å². The molecule has 0 amide bonds. The summed E-state index contributed by atoms with van der Waals surface area (Å²) in [6.45, 7) is 6.37. The van der Waals surface area contributed by atoms with Crippen molar-refractivity contribution >= 4 is 12.4 Å². The predicted molar refractivity (Wildman–Crippen MR) is 112 cm³/mol. The van der Waals surface area contributed by atoms with Crippen LogP contribution < -0.4 is 5.73 Å². The fourth-order valence-electron chi connectivity index (χ4n) is 3.36. The van der Waals surface area contributed by atoms with E-state index in [9.17, 15) is 0 Å². The minimum Gasteiger partial charge on any atom is -0.338 e. The Morgan fingerprint density at radius 3 is 2.11 bits per heavy atom. The summed E-state index contributed by atoms with van der Waals surface area (Å²) in [5, 5.41) is 4.12. The number of aromatic nitrogens is 2.